The molecule has 0 aliphatic carbocycles. The van der Waals surface area contributed by atoms with Crippen LogP contribution in [0.2, 0.25) is 5.02 Å². The number of nitrogens with one attached hydrogen (secondary N) is 1. The molecule has 1 N–H and O–H groups in total. The molecular formula is C14H20ClFN2. The predicted molar refractivity (Wildman–Crippen MR) is 74.9 cm³/mol. The number of rotatable bonds is 1. The van der Waals surface area contributed by atoms with Gasteiger partial charge in [-0.15, -0.1) is 0 Å². The summed E-state index contributed by atoms with van der Waals surface area (Å²) in [7, 11) is 0. The van der Waals surface area contributed by atoms with Gasteiger partial charge in [0.15, 0.2) is 0 Å². The largest absolute Gasteiger partial charge is 0.367 e. The molecule has 1 atom stereocenters. The van der Waals surface area contributed by atoms with Crippen molar-refractivity contribution in [1.29, 1.82) is 0 Å². The third kappa shape index (κ3) is 2.96. The smallest absolute Gasteiger partial charge is 0.125 e. The molecule has 1 saturated heterocycles. The van der Waals surface area contributed by atoms with E-state index in [1.165, 1.54) is 12.1 Å². The molecule has 1 aromatic rings. The van der Waals surface area contributed by atoms with Crippen molar-refractivity contribution in [1.82, 2.24) is 5.32 Å². The van der Waals surface area contributed by atoms with Crippen molar-refractivity contribution >= 4 is 17.3 Å². The molecule has 1 aliphatic rings. The van der Waals surface area contributed by atoms with Gasteiger partial charge in [0.25, 0.3) is 0 Å². The normalized spacial score (nSPS) is 21.2. The van der Waals surface area contributed by atoms with Crippen LogP contribution in [-0.2, 0) is 0 Å². The fraction of sp³-hybridized carbons (Fsp3) is 0.571. The molecule has 4 heteroatoms. The van der Waals surface area contributed by atoms with E-state index in [1.54, 1.807) is 6.07 Å². The van der Waals surface area contributed by atoms with Crippen LogP contribution >= 0.6 is 11.6 Å². The molecular weight excluding hydrogens is 251 g/mol. The molecule has 0 bridgehead atoms. The van der Waals surface area contributed by atoms with E-state index in [-0.39, 0.29) is 11.2 Å². The number of hydrogen-bond acceptors (Lipinski definition) is 2. The van der Waals surface area contributed by atoms with Gasteiger partial charge in [0.1, 0.15) is 5.82 Å². The van der Waals surface area contributed by atoms with Crippen molar-refractivity contribution in [2.45, 2.75) is 26.8 Å². The second-order valence-corrected chi connectivity index (χ2v) is 6.32. The molecule has 1 unspecified atom stereocenters. The van der Waals surface area contributed by atoms with Crippen LogP contribution in [0.3, 0.4) is 0 Å². The average molecular weight is 271 g/mol. The zero-order chi connectivity index (χ0) is 13.3. The molecule has 0 spiro atoms. The van der Waals surface area contributed by atoms with Crippen molar-refractivity contribution < 1.29 is 4.39 Å². The minimum absolute atomic E-state index is 0.179. The molecule has 2 rings (SSSR count). The highest BCUT2D eigenvalue weighted by Gasteiger charge is 2.30. The van der Waals surface area contributed by atoms with Gasteiger partial charge >= 0.3 is 0 Å². The second-order valence-electron chi connectivity index (χ2n) is 5.91. The van der Waals surface area contributed by atoms with E-state index in [1.807, 2.05) is 0 Å². The van der Waals surface area contributed by atoms with Crippen LogP contribution in [0.4, 0.5) is 10.1 Å². The van der Waals surface area contributed by atoms with Crippen LogP contribution in [0.1, 0.15) is 20.8 Å². The Balaban J connectivity index is 2.21. The lowest BCUT2D eigenvalue weighted by Gasteiger charge is -2.41. The zero-order valence-corrected chi connectivity index (χ0v) is 11.9. The predicted octanol–water partition coefficient (Wildman–Crippen LogP) is 3.30. The van der Waals surface area contributed by atoms with Crippen molar-refractivity contribution in [3.05, 3.63) is 29.0 Å². The fourth-order valence-corrected chi connectivity index (χ4v) is 2.51. The quantitative estimate of drug-likeness (QED) is 0.842. The van der Waals surface area contributed by atoms with Gasteiger partial charge in [-0.05, 0) is 23.6 Å². The van der Waals surface area contributed by atoms with Gasteiger partial charge < -0.3 is 10.2 Å². The van der Waals surface area contributed by atoms with Crippen LogP contribution in [0, 0.1) is 11.2 Å². The first-order valence-electron chi connectivity index (χ1n) is 6.31. The minimum Gasteiger partial charge on any atom is -0.367 e. The van der Waals surface area contributed by atoms with E-state index < -0.39 is 0 Å². The van der Waals surface area contributed by atoms with E-state index in [0.29, 0.717) is 11.1 Å². The summed E-state index contributed by atoms with van der Waals surface area (Å²) in [5.41, 5.74) is 0.978. The van der Waals surface area contributed by atoms with Crippen LogP contribution in [-0.4, -0.2) is 25.7 Å². The highest BCUT2D eigenvalue weighted by Crippen LogP contribution is 2.30. The van der Waals surface area contributed by atoms with E-state index in [0.717, 1.165) is 25.3 Å². The molecule has 18 heavy (non-hydrogen) atoms. The lowest BCUT2D eigenvalue weighted by Crippen LogP contribution is -2.56. The number of halogens is 2. The summed E-state index contributed by atoms with van der Waals surface area (Å²) in [6.07, 6.45) is 0. The molecule has 1 heterocycles. The Bertz CT molecular complexity index is 428. The summed E-state index contributed by atoms with van der Waals surface area (Å²) in [6, 6.07) is 4.92. The third-order valence-corrected chi connectivity index (χ3v) is 3.79. The molecule has 0 aromatic heterocycles. The van der Waals surface area contributed by atoms with Crippen molar-refractivity contribution in [2.75, 3.05) is 24.5 Å². The van der Waals surface area contributed by atoms with Crippen molar-refractivity contribution in [3.63, 3.8) is 0 Å². The Kier molecular flexibility index (Phi) is 3.83. The lowest BCUT2D eigenvalue weighted by atomic mass is 9.85. The van der Waals surface area contributed by atoms with E-state index >= 15 is 0 Å². The average Bonchev–Trinajstić information content (AvgIpc) is 2.31. The van der Waals surface area contributed by atoms with Gasteiger partial charge in [-0.25, -0.2) is 4.39 Å². The number of hydrogen-bond donors (Lipinski definition) is 1. The summed E-state index contributed by atoms with van der Waals surface area (Å²) < 4.78 is 13.3. The highest BCUT2D eigenvalue weighted by atomic mass is 35.5. The molecule has 0 saturated carbocycles. The van der Waals surface area contributed by atoms with Gasteiger partial charge in [0.05, 0.1) is 10.7 Å². The number of anilines is 1. The Labute approximate surface area is 113 Å². The first kappa shape index (κ1) is 13.6. The van der Waals surface area contributed by atoms with Crippen LogP contribution in [0.15, 0.2) is 18.2 Å². The Morgan fingerprint density at radius 3 is 2.78 bits per heavy atom. The second kappa shape index (κ2) is 5.06. The fourth-order valence-electron chi connectivity index (χ4n) is 2.28. The van der Waals surface area contributed by atoms with Crippen molar-refractivity contribution in [2.24, 2.45) is 5.41 Å². The first-order chi connectivity index (χ1) is 8.38. The molecule has 0 radical (unpaired) electrons. The molecule has 100 valence electrons. The monoisotopic (exact) mass is 270 g/mol. The first-order valence-corrected chi connectivity index (χ1v) is 6.69. The van der Waals surface area contributed by atoms with E-state index in [4.69, 9.17) is 11.6 Å². The Morgan fingerprint density at radius 1 is 1.39 bits per heavy atom. The SMILES string of the molecule is CC(C)(C)C1CN(c2cc(F)ccc2Cl)CCN1. The van der Waals surface area contributed by atoms with E-state index in [9.17, 15) is 4.39 Å². The van der Waals surface area contributed by atoms with E-state index in [2.05, 4.69) is 31.0 Å². The molecule has 1 fully saturated rings. The maximum atomic E-state index is 13.3. The summed E-state index contributed by atoms with van der Waals surface area (Å²) in [4.78, 5) is 2.16. The Hall–Kier alpha value is -0.800. The summed E-state index contributed by atoms with van der Waals surface area (Å²) >= 11 is 6.16. The standard InChI is InChI=1S/C14H20ClFN2/c1-14(2,3)13-9-18(7-6-17-13)12-8-10(16)4-5-11(12)15/h4-5,8,13,17H,6-7,9H2,1-3H3. The zero-order valence-electron chi connectivity index (χ0n) is 11.1. The Morgan fingerprint density at radius 2 is 2.11 bits per heavy atom. The lowest BCUT2D eigenvalue weighted by molar-refractivity contribution is 0.254. The number of nitrogens with zero attached hydrogens (tertiary/aromatic N) is 1. The molecule has 1 aromatic carbocycles. The maximum Gasteiger partial charge on any atom is 0.125 e. The van der Waals surface area contributed by atoms with Gasteiger partial charge in [-0.2, -0.15) is 0 Å². The third-order valence-electron chi connectivity index (χ3n) is 3.47. The van der Waals surface area contributed by atoms with Crippen LogP contribution in [0.5, 0.6) is 0 Å². The van der Waals surface area contributed by atoms with Gasteiger partial charge in [0, 0.05) is 25.7 Å². The molecule has 1 aliphatic heterocycles. The number of benzene rings is 1. The summed E-state index contributed by atoms with van der Waals surface area (Å²) in [5.74, 6) is -0.236. The van der Waals surface area contributed by atoms with Crippen LogP contribution in [0.25, 0.3) is 0 Å². The highest BCUT2D eigenvalue weighted by molar-refractivity contribution is 6.33. The van der Waals surface area contributed by atoms with Crippen LogP contribution < -0.4 is 10.2 Å². The van der Waals surface area contributed by atoms with Gasteiger partial charge in [-0.3, -0.25) is 0 Å². The number of piperazine rings is 1. The molecule has 2 nitrogen and oxygen atoms in total. The van der Waals surface area contributed by atoms with Gasteiger partial charge in [-0.1, -0.05) is 32.4 Å². The summed E-state index contributed by atoms with van der Waals surface area (Å²) in [5, 5.41) is 4.13. The summed E-state index contributed by atoms with van der Waals surface area (Å²) in [6.45, 7) is 9.24. The maximum absolute atomic E-state index is 13.3. The topological polar surface area (TPSA) is 15.3 Å². The minimum atomic E-state index is -0.236. The molecule has 0 amide bonds. The van der Waals surface area contributed by atoms with Gasteiger partial charge in [0.2, 0.25) is 0 Å². The van der Waals surface area contributed by atoms with Crippen molar-refractivity contribution in [3.8, 4) is 0 Å².